The van der Waals surface area contributed by atoms with E-state index in [9.17, 15) is 4.79 Å². The van der Waals surface area contributed by atoms with Crippen molar-refractivity contribution >= 4 is 17.4 Å². The SMILES string of the molecule is CC.CC(=O)CCc1ccc(Cl)cc1. The molecule has 0 aliphatic heterocycles. The van der Waals surface area contributed by atoms with Gasteiger partial charge in [0.1, 0.15) is 5.78 Å². The van der Waals surface area contributed by atoms with E-state index in [1.165, 1.54) is 0 Å². The molecule has 0 fully saturated rings. The monoisotopic (exact) mass is 212 g/mol. The molecule has 0 atom stereocenters. The zero-order valence-corrected chi connectivity index (χ0v) is 9.77. The molecule has 1 aromatic carbocycles. The summed E-state index contributed by atoms with van der Waals surface area (Å²) in [7, 11) is 0. The standard InChI is InChI=1S/C10H11ClO.C2H6/c1-8(12)2-3-9-4-6-10(11)7-5-9;1-2/h4-7H,2-3H2,1H3;1-2H3. The molecule has 0 spiro atoms. The Kier molecular flexibility index (Phi) is 7.13. The van der Waals surface area contributed by atoms with Crippen molar-refractivity contribution in [1.82, 2.24) is 0 Å². The first-order chi connectivity index (χ1) is 6.68. The molecule has 0 aliphatic carbocycles. The predicted octanol–water partition coefficient (Wildman–Crippen LogP) is 3.89. The van der Waals surface area contributed by atoms with Crippen LogP contribution in [0.1, 0.15) is 32.8 Å². The number of rotatable bonds is 3. The van der Waals surface area contributed by atoms with Crippen LogP contribution in [-0.2, 0) is 11.2 Å². The van der Waals surface area contributed by atoms with Crippen molar-refractivity contribution in [2.75, 3.05) is 0 Å². The number of ketones is 1. The fourth-order valence-corrected chi connectivity index (χ4v) is 1.10. The van der Waals surface area contributed by atoms with E-state index >= 15 is 0 Å². The van der Waals surface area contributed by atoms with Crippen LogP contribution < -0.4 is 0 Å². The van der Waals surface area contributed by atoms with Crippen LogP contribution in [0.25, 0.3) is 0 Å². The normalized spacial score (nSPS) is 8.86. The molecule has 0 saturated carbocycles. The number of benzene rings is 1. The number of carbonyl (C=O) groups is 1. The van der Waals surface area contributed by atoms with Crippen molar-refractivity contribution in [1.29, 1.82) is 0 Å². The van der Waals surface area contributed by atoms with Gasteiger partial charge >= 0.3 is 0 Å². The Morgan fingerprint density at radius 2 is 1.71 bits per heavy atom. The van der Waals surface area contributed by atoms with Crippen molar-refractivity contribution in [2.45, 2.75) is 33.6 Å². The highest BCUT2D eigenvalue weighted by Crippen LogP contribution is 2.10. The highest BCUT2D eigenvalue weighted by Gasteiger charge is 1.95. The van der Waals surface area contributed by atoms with Crippen LogP contribution in [0.5, 0.6) is 0 Å². The van der Waals surface area contributed by atoms with Crippen LogP contribution in [0.15, 0.2) is 24.3 Å². The van der Waals surface area contributed by atoms with Crippen LogP contribution in [-0.4, -0.2) is 5.78 Å². The Bertz CT molecular complexity index is 264. The third-order valence-electron chi connectivity index (χ3n) is 1.68. The van der Waals surface area contributed by atoms with Gasteiger partial charge in [-0.25, -0.2) is 0 Å². The smallest absolute Gasteiger partial charge is 0.130 e. The molecule has 78 valence electrons. The van der Waals surface area contributed by atoms with E-state index in [0.717, 1.165) is 17.0 Å². The average Bonchev–Trinajstić information content (AvgIpc) is 2.20. The molecule has 1 aromatic rings. The molecule has 0 amide bonds. The van der Waals surface area contributed by atoms with Gasteiger partial charge in [-0.15, -0.1) is 0 Å². The van der Waals surface area contributed by atoms with E-state index in [0.29, 0.717) is 6.42 Å². The number of carbonyl (C=O) groups excluding carboxylic acids is 1. The van der Waals surface area contributed by atoms with E-state index in [1.807, 2.05) is 38.1 Å². The molecule has 0 unspecified atom stereocenters. The number of aryl methyl sites for hydroxylation is 1. The third-order valence-corrected chi connectivity index (χ3v) is 1.93. The molecular formula is C12H17ClO. The maximum atomic E-state index is 10.7. The first-order valence-corrected chi connectivity index (χ1v) is 5.30. The van der Waals surface area contributed by atoms with E-state index < -0.39 is 0 Å². The van der Waals surface area contributed by atoms with Crippen LogP contribution in [0, 0.1) is 0 Å². The lowest BCUT2D eigenvalue weighted by molar-refractivity contribution is -0.116. The molecule has 0 N–H and O–H groups in total. The van der Waals surface area contributed by atoms with Crippen molar-refractivity contribution in [3.63, 3.8) is 0 Å². The minimum absolute atomic E-state index is 0.227. The zero-order valence-electron chi connectivity index (χ0n) is 9.01. The summed E-state index contributed by atoms with van der Waals surface area (Å²) in [4.78, 5) is 10.7. The topological polar surface area (TPSA) is 17.1 Å². The van der Waals surface area contributed by atoms with Crippen LogP contribution in [0.3, 0.4) is 0 Å². The Morgan fingerprint density at radius 3 is 2.14 bits per heavy atom. The fourth-order valence-electron chi connectivity index (χ4n) is 0.971. The number of Topliss-reactive ketones (excluding diaryl/α,β-unsaturated/α-hetero) is 1. The average molecular weight is 213 g/mol. The lowest BCUT2D eigenvalue weighted by Gasteiger charge is -1.97. The molecule has 0 saturated heterocycles. The summed E-state index contributed by atoms with van der Waals surface area (Å²) in [6.07, 6.45) is 1.42. The van der Waals surface area contributed by atoms with Crippen molar-refractivity contribution in [2.24, 2.45) is 0 Å². The number of hydrogen-bond acceptors (Lipinski definition) is 1. The summed E-state index contributed by atoms with van der Waals surface area (Å²) in [6, 6.07) is 7.59. The fraction of sp³-hybridized carbons (Fsp3) is 0.417. The van der Waals surface area contributed by atoms with Crippen LogP contribution in [0.2, 0.25) is 5.02 Å². The minimum atomic E-state index is 0.227. The summed E-state index contributed by atoms with van der Waals surface area (Å²) >= 11 is 5.71. The first-order valence-electron chi connectivity index (χ1n) is 4.92. The highest BCUT2D eigenvalue weighted by atomic mass is 35.5. The second-order valence-electron chi connectivity index (χ2n) is 2.83. The van der Waals surface area contributed by atoms with E-state index in [2.05, 4.69) is 0 Å². The van der Waals surface area contributed by atoms with Gasteiger partial charge in [0.25, 0.3) is 0 Å². The van der Waals surface area contributed by atoms with Gasteiger partial charge in [-0.2, -0.15) is 0 Å². The Morgan fingerprint density at radius 1 is 1.21 bits per heavy atom. The number of halogens is 1. The van der Waals surface area contributed by atoms with Gasteiger partial charge in [-0.1, -0.05) is 37.6 Å². The van der Waals surface area contributed by atoms with Gasteiger partial charge in [0, 0.05) is 11.4 Å². The summed E-state index contributed by atoms with van der Waals surface area (Å²) in [5.41, 5.74) is 1.16. The Labute approximate surface area is 91.1 Å². The summed E-state index contributed by atoms with van der Waals surface area (Å²) < 4.78 is 0. The highest BCUT2D eigenvalue weighted by molar-refractivity contribution is 6.30. The van der Waals surface area contributed by atoms with Gasteiger partial charge in [0.2, 0.25) is 0 Å². The summed E-state index contributed by atoms with van der Waals surface area (Å²) in [6.45, 7) is 5.61. The van der Waals surface area contributed by atoms with Gasteiger partial charge in [0.15, 0.2) is 0 Å². The van der Waals surface area contributed by atoms with Crippen LogP contribution in [0.4, 0.5) is 0 Å². The van der Waals surface area contributed by atoms with Crippen molar-refractivity contribution in [3.05, 3.63) is 34.9 Å². The maximum absolute atomic E-state index is 10.7. The molecule has 0 bridgehead atoms. The Balaban J connectivity index is 0.000000791. The molecule has 0 radical (unpaired) electrons. The molecule has 14 heavy (non-hydrogen) atoms. The number of hydrogen-bond donors (Lipinski definition) is 0. The van der Waals surface area contributed by atoms with Gasteiger partial charge in [-0.05, 0) is 31.0 Å². The zero-order chi connectivity index (χ0) is 11.0. The van der Waals surface area contributed by atoms with Gasteiger partial charge < -0.3 is 4.79 Å². The van der Waals surface area contributed by atoms with Crippen LogP contribution >= 0.6 is 11.6 Å². The van der Waals surface area contributed by atoms with E-state index in [-0.39, 0.29) is 5.78 Å². The summed E-state index contributed by atoms with van der Waals surface area (Å²) in [5, 5.41) is 0.738. The second kappa shape index (κ2) is 7.57. The molecule has 1 rings (SSSR count). The minimum Gasteiger partial charge on any atom is -0.300 e. The molecule has 0 aliphatic rings. The van der Waals surface area contributed by atoms with Gasteiger partial charge in [-0.3, -0.25) is 0 Å². The first kappa shape index (κ1) is 13.2. The Hall–Kier alpha value is -0.820. The molecule has 1 nitrogen and oxygen atoms in total. The lowest BCUT2D eigenvalue weighted by Crippen LogP contribution is -1.93. The van der Waals surface area contributed by atoms with Crippen molar-refractivity contribution in [3.8, 4) is 0 Å². The molecule has 0 heterocycles. The molecular weight excluding hydrogens is 196 g/mol. The molecule has 0 aromatic heterocycles. The summed E-state index contributed by atoms with van der Waals surface area (Å²) in [5.74, 6) is 0.227. The van der Waals surface area contributed by atoms with E-state index in [4.69, 9.17) is 11.6 Å². The maximum Gasteiger partial charge on any atom is 0.130 e. The quantitative estimate of drug-likeness (QED) is 0.743. The largest absolute Gasteiger partial charge is 0.300 e. The second-order valence-corrected chi connectivity index (χ2v) is 3.26. The lowest BCUT2D eigenvalue weighted by atomic mass is 10.1. The molecule has 2 heteroatoms. The van der Waals surface area contributed by atoms with Gasteiger partial charge in [0.05, 0.1) is 0 Å². The third kappa shape index (κ3) is 5.76. The van der Waals surface area contributed by atoms with Crippen molar-refractivity contribution < 1.29 is 4.79 Å². The predicted molar refractivity (Wildman–Crippen MR) is 61.8 cm³/mol. The van der Waals surface area contributed by atoms with E-state index in [1.54, 1.807) is 6.92 Å².